The molecule has 0 saturated heterocycles. The quantitative estimate of drug-likeness (QED) is 0.0362. The third-order valence-electron chi connectivity index (χ3n) is 10.9. The summed E-state index contributed by atoms with van der Waals surface area (Å²) in [6, 6.07) is 0. The molecule has 0 aliphatic carbocycles. The Bertz CT molecular complexity index is 640. The molecule has 292 valence electrons. The molecule has 0 aromatic carbocycles. The monoisotopic (exact) mass is 689 g/mol. The fourth-order valence-electron chi connectivity index (χ4n) is 7.32. The molecule has 0 spiro atoms. The Kier molecular flexibility index (Phi) is 42.7. The minimum atomic E-state index is -0.157. The van der Waals surface area contributed by atoms with Gasteiger partial charge in [-0.25, -0.2) is 4.79 Å². The van der Waals surface area contributed by atoms with Gasteiger partial charge in [0.25, 0.3) is 0 Å². The molecule has 0 aliphatic rings. The van der Waals surface area contributed by atoms with E-state index in [4.69, 9.17) is 4.74 Å². The second kappa shape index (κ2) is 43.4. The van der Waals surface area contributed by atoms with Crippen molar-refractivity contribution in [2.24, 2.45) is 0 Å². The summed E-state index contributed by atoms with van der Waals surface area (Å²) in [6.07, 6.45) is 56.4. The summed E-state index contributed by atoms with van der Waals surface area (Å²) in [7, 11) is 0. The lowest BCUT2D eigenvalue weighted by Gasteiger charge is -2.08. The fraction of sp³-hybridized carbons (Fsp3) is 0.936. The van der Waals surface area contributed by atoms with Gasteiger partial charge in [-0.15, -0.1) is 0 Å². The van der Waals surface area contributed by atoms with Crippen LogP contribution < -0.4 is 0 Å². The van der Waals surface area contributed by atoms with Crippen LogP contribution in [0.1, 0.15) is 277 Å². The van der Waals surface area contributed by atoms with Crippen LogP contribution in [0, 0.1) is 0 Å². The fourth-order valence-corrected chi connectivity index (χ4v) is 7.32. The highest BCUT2D eigenvalue weighted by molar-refractivity contribution is 5.87. The number of unbranched alkanes of at least 4 members (excludes halogenated alkanes) is 38. The first-order valence-corrected chi connectivity index (χ1v) is 23.1. The predicted octanol–water partition coefficient (Wildman–Crippen LogP) is 17.1. The van der Waals surface area contributed by atoms with Gasteiger partial charge in [0.2, 0.25) is 0 Å². The van der Waals surface area contributed by atoms with Gasteiger partial charge < -0.3 is 4.74 Å². The van der Waals surface area contributed by atoms with Gasteiger partial charge in [0, 0.05) is 5.57 Å². The highest BCUT2D eigenvalue weighted by atomic mass is 16.5. The lowest BCUT2D eigenvalue weighted by atomic mass is 10.0. The zero-order valence-corrected chi connectivity index (χ0v) is 34.2. The Hall–Kier alpha value is -0.790. The predicted molar refractivity (Wildman–Crippen MR) is 221 cm³/mol. The summed E-state index contributed by atoms with van der Waals surface area (Å²) >= 11 is 0. The van der Waals surface area contributed by atoms with Crippen molar-refractivity contribution in [1.82, 2.24) is 0 Å². The van der Waals surface area contributed by atoms with Crippen LogP contribution in [0.3, 0.4) is 0 Å². The first kappa shape index (κ1) is 48.2. The molecule has 0 heterocycles. The van der Waals surface area contributed by atoms with Crippen molar-refractivity contribution in [3.63, 3.8) is 0 Å². The van der Waals surface area contributed by atoms with E-state index in [1.54, 1.807) is 0 Å². The molecule has 0 N–H and O–H groups in total. The second-order valence-electron chi connectivity index (χ2n) is 15.9. The second-order valence-corrected chi connectivity index (χ2v) is 15.9. The van der Waals surface area contributed by atoms with Crippen molar-refractivity contribution in [2.75, 3.05) is 6.61 Å². The number of esters is 1. The Morgan fingerprint density at radius 2 is 0.531 bits per heavy atom. The maximum absolute atomic E-state index is 12.3. The van der Waals surface area contributed by atoms with Crippen molar-refractivity contribution in [1.29, 1.82) is 0 Å². The van der Waals surface area contributed by atoms with Gasteiger partial charge in [0.05, 0.1) is 6.61 Å². The summed E-state index contributed by atoms with van der Waals surface area (Å²) in [6.45, 7) is 9.17. The van der Waals surface area contributed by atoms with Gasteiger partial charge >= 0.3 is 5.97 Å². The van der Waals surface area contributed by atoms with E-state index >= 15 is 0 Å². The van der Waals surface area contributed by atoms with Crippen molar-refractivity contribution in [2.45, 2.75) is 277 Å². The number of carbonyl (C=O) groups is 1. The summed E-state index contributed by atoms with van der Waals surface area (Å²) in [5, 5.41) is 0. The normalized spacial score (nSPS) is 11.4. The van der Waals surface area contributed by atoms with Gasteiger partial charge in [-0.3, -0.25) is 0 Å². The van der Waals surface area contributed by atoms with E-state index in [1.807, 2.05) is 0 Å². The molecule has 0 fully saturated rings. The maximum atomic E-state index is 12.3. The Morgan fingerprint density at radius 3 is 0.776 bits per heavy atom. The summed E-state index contributed by atoms with van der Waals surface area (Å²) < 4.78 is 5.50. The minimum absolute atomic E-state index is 0.157. The van der Waals surface area contributed by atoms with Crippen LogP contribution in [-0.4, -0.2) is 12.6 Å². The summed E-state index contributed by atoms with van der Waals surface area (Å²) in [5.74, 6) is -0.157. The first-order chi connectivity index (χ1) is 24.2. The number of hydrogen-bond acceptors (Lipinski definition) is 2. The molecule has 0 saturated carbocycles. The summed E-state index contributed by atoms with van der Waals surface area (Å²) in [4.78, 5) is 12.3. The van der Waals surface area contributed by atoms with Crippen LogP contribution in [0.25, 0.3) is 0 Å². The molecule has 2 nitrogen and oxygen atoms in total. The molecule has 49 heavy (non-hydrogen) atoms. The topological polar surface area (TPSA) is 26.3 Å². The Morgan fingerprint density at radius 1 is 0.327 bits per heavy atom. The average molecular weight is 689 g/mol. The lowest BCUT2D eigenvalue weighted by molar-refractivity contribution is -0.139. The number of ether oxygens (including phenoxy) is 1. The maximum Gasteiger partial charge on any atom is 0.333 e. The minimum Gasteiger partial charge on any atom is -0.462 e. The zero-order valence-electron chi connectivity index (χ0n) is 34.2. The van der Waals surface area contributed by atoms with E-state index in [0.29, 0.717) is 12.2 Å². The van der Waals surface area contributed by atoms with Crippen molar-refractivity contribution < 1.29 is 9.53 Å². The van der Waals surface area contributed by atoms with E-state index in [-0.39, 0.29) is 5.97 Å². The standard InChI is InChI=1S/C47H92O2/c1-4-6-8-10-12-14-16-18-20-22-24-26-28-30-32-34-36-38-40-42-44-46(3)47(48)49-45-43-41-39-37-35-33-31-29-27-25-23-21-19-17-15-13-11-9-7-5-2/h3-45H2,1-2H3. The third-order valence-corrected chi connectivity index (χ3v) is 10.9. The van der Waals surface area contributed by atoms with Crippen molar-refractivity contribution in [3.8, 4) is 0 Å². The van der Waals surface area contributed by atoms with Crippen LogP contribution >= 0.6 is 0 Å². The molecule has 0 atom stereocenters. The van der Waals surface area contributed by atoms with Crippen LogP contribution in [0.2, 0.25) is 0 Å². The molecule has 0 rings (SSSR count). The number of carbonyl (C=O) groups excluding carboxylic acids is 1. The van der Waals surface area contributed by atoms with Gasteiger partial charge in [-0.1, -0.05) is 264 Å². The molecular weight excluding hydrogens is 597 g/mol. The highest BCUT2D eigenvalue weighted by Gasteiger charge is 2.08. The molecule has 0 aromatic heterocycles. The molecule has 0 aromatic rings. The largest absolute Gasteiger partial charge is 0.462 e. The zero-order chi connectivity index (χ0) is 35.6. The van der Waals surface area contributed by atoms with E-state index in [9.17, 15) is 4.79 Å². The lowest BCUT2D eigenvalue weighted by Crippen LogP contribution is -2.08. The van der Waals surface area contributed by atoms with E-state index in [1.165, 1.54) is 244 Å². The molecular formula is C47H92O2. The van der Waals surface area contributed by atoms with Crippen LogP contribution in [0.15, 0.2) is 12.2 Å². The average Bonchev–Trinajstić information content (AvgIpc) is 3.11. The van der Waals surface area contributed by atoms with Crippen molar-refractivity contribution in [3.05, 3.63) is 12.2 Å². The number of rotatable bonds is 43. The smallest absolute Gasteiger partial charge is 0.333 e. The molecule has 0 unspecified atom stereocenters. The van der Waals surface area contributed by atoms with E-state index in [2.05, 4.69) is 20.4 Å². The highest BCUT2D eigenvalue weighted by Crippen LogP contribution is 2.17. The third kappa shape index (κ3) is 41.5. The van der Waals surface area contributed by atoms with Crippen LogP contribution in [-0.2, 0) is 9.53 Å². The summed E-state index contributed by atoms with van der Waals surface area (Å²) in [5.41, 5.74) is 0.676. The molecule has 2 heteroatoms. The van der Waals surface area contributed by atoms with Crippen molar-refractivity contribution >= 4 is 5.97 Å². The molecule has 0 aliphatic heterocycles. The van der Waals surface area contributed by atoms with Gasteiger partial charge in [0.15, 0.2) is 0 Å². The van der Waals surface area contributed by atoms with Gasteiger partial charge in [0.1, 0.15) is 0 Å². The Labute approximate surface area is 310 Å². The molecule has 0 radical (unpaired) electrons. The SMILES string of the molecule is C=C(CCCCCCCCCCCCCCCCCCCCCC)C(=O)OCCCCCCCCCCCCCCCCCCCCCC. The van der Waals surface area contributed by atoms with Gasteiger partial charge in [-0.05, 0) is 19.3 Å². The molecule has 0 bridgehead atoms. The van der Waals surface area contributed by atoms with Gasteiger partial charge in [-0.2, -0.15) is 0 Å². The van der Waals surface area contributed by atoms with E-state index in [0.717, 1.165) is 19.3 Å². The van der Waals surface area contributed by atoms with E-state index < -0.39 is 0 Å². The number of hydrogen-bond donors (Lipinski definition) is 0. The Balaban J connectivity index is 3.25. The first-order valence-electron chi connectivity index (χ1n) is 23.1. The van der Waals surface area contributed by atoms with Crippen LogP contribution in [0.5, 0.6) is 0 Å². The van der Waals surface area contributed by atoms with Crippen LogP contribution in [0.4, 0.5) is 0 Å². The molecule has 0 amide bonds.